The molecular weight excluding hydrogens is 268 g/mol. The minimum Gasteiger partial charge on any atom is -0.390 e. The Morgan fingerprint density at radius 2 is 2.05 bits per heavy atom. The summed E-state index contributed by atoms with van der Waals surface area (Å²) in [5, 5.41) is 25.7. The van der Waals surface area contributed by atoms with Crippen LogP contribution in [0, 0.1) is 6.92 Å². The molecule has 0 aromatic carbocycles. The van der Waals surface area contributed by atoms with E-state index >= 15 is 0 Å². The highest BCUT2D eigenvalue weighted by molar-refractivity contribution is 5.43. The van der Waals surface area contributed by atoms with E-state index in [1.54, 1.807) is 4.52 Å². The van der Waals surface area contributed by atoms with Crippen molar-refractivity contribution in [2.45, 2.75) is 32.3 Å². The minimum absolute atomic E-state index is 0.386. The third-order valence-corrected chi connectivity index (χ3v) is 3.86. The maximum atomic E-state index is 10.1. The van der Waals surface area contributed by atoms with Crippen molar-refractivity contribution in [3.05, 3.63) is 18.0 Å². The first-order valence-electron chi connectivity index (χ1n) is 7.56. The van der Waals surface area contributed by atoms with E-state index in [0.29, 0.717) is 6.54 Å². The molecule has 0 bridgehead atoms. The fourth-order valence-corrected chi connectivity index (χ4v) is 2.72. The lowest BCUT2D eigenvalue weighted by atomic mass is 10.1. The van der Waals surface area contributed by atoms with E-state index < -0.39 is 0 Å². The Labute approximate surface area is 124 Å². The maximum absolute atomic E-state index is 10.1. The second-order valence-corrected chi connectivity index (χ2v) is 5.63. The normalized spacial score (nSPS) is 18.0. The summed E-state index contributed by atoms with van der Waals surface area (Å²) in [4.78, 5) is 2.33. The van der Waals surface area contributed by atoms with Crippen LogP contribution in [0.4, 0.5) is 5.82 Å². The zero-order valence-electron chi connectivity index (χ0n) is 12.4. The predicted molar refractivity (Wildman–Crippen MR) is 80.3 cm³/mol. The largest absolute Gasteiger partial charge is 0.390 e. The summed E-state index contributed by atoms with van der Waals surface area (Å²) in [7, 11) is 0. The van der Waals surface area contributed by atoms with Gasteiger partial charge in [0.05, 0.1) is 6.10 Å². The van der Waals surface area contributed by atoms with Gasteiger partial charge < -0.3 is 15.3 Å². The van der Waals surface area contributed by atoms with Gasteiger partial charge in [-0.05, 0) is 45.0 Å². The van der Waals surface area contributed by atoms with Gasteiger partial charge in [0.2, 0.25) is 0 Å². The monoisotopic (exact) mass is 290 g/mol. The van der Waals surface area contributed by atoms with E-state index in [0.717, 1.165) is 36.9 Å². The molecule has 1 atom stereocenters. The number of hydrogen-bond donors (Lipinski definition) is 2. The molecule has 7 heteroatoms. The summed E-state index contributed by atoms with van der Waals surface area (Å²) in [6.07, 6.45) is 3.41. The highest BCUT2D eigenvalue weighted by Crippen LogP contribution is 2.10. The number of fused-ring (bicyclic) bond motifs is 1. The molecule has 1 unspecified atom stereocenters. The molecule has 2 aromatic heterocycles. The fraction of sp³-hybridized carbons (Fsp3) is 0.643. The fourth-order valence-electron chi connectivity index (χ4n) is 2.72. The Kier molecular flexibility index (Phi) is 4.31. The molecule has 0 amide bonds. The van der Waals surface area contributed by atoms with Gasteiger partial charge in [0.25, 0.3) is 0 Å². The van der Waals surface area contributed by atoms with Crippen molar-refractivity contribution in [1.82, 2.24) is 24.7 Å². The highest BCUT2D eigenvalue weighted by atomic mass is 16.3. The molecule has 0 spiro atoms. The van der Waals surface area contributed by atoms with Crippen molar-refractivity contribution in [2.24, 2.45) is 0 Å². The first-order chi connectivity index (χ1) is 10.2. The Hall–Kier alpha value is -1.73. The van der Waals surface area contributed by atoms with Crippen LogP contribution in [0.2, 0.25) is 0 Å². The molecule has 3 heterocycles. The predicted octanol–water partition coefficient (Wildman–Crippen LogP) is 0.691. The second kappa shape index (κ2) is 6.36. The molecule has 114 valence electrons. The zero-order valence-corrected chi connectivity index (χ0v) is 12.4. The van der Waals surface area contributed by atoms with E-state index in [1.165, 1.54) is 19.3 Å². The number of anilines is 1. The number of piperidine rings is 1. The number of aliphatic hydroxyl groups is 1. The van der Waals surface area contributed by atoms with Crippen molar-refractivity contribution in [3.8, 4) is 0 Å². The van der Waals surface area contributed by atoms with Gasteiger partial charge in [0, 0.05) is 13.1 Å². The number of aliphatic hydroxyl groups excluding tert-OH is 1. The molecular formula is C14H22N6O. The summed E-state index contributed by atoms with van der Waals surface area (Å²) in [5.41, 5.74) is 0.729. The lowest BCUT2D eigenvalue weighted by Crippen LogP contribution is -2.39. The zero-order chi connectivity index (χ0) is 14.7. The summed E-state index contributed by atoms with van der Waals surface area (Å²) in [5.74, 6) is 1.48. The number of nitrogens with one attached hydrogen (secondary N) is 1. The summed E-state index contributed by atoms with van der Waals surface area (Å²) in [6, 6.07) is 3.73. The number of β-amino-alcohol motifs (C(OH)–C–C–N with tert-alkyl or cyclic N) is 1. The summed E-state index contributed by atoms with van der Waals surface area (Å²) < 4.78 is 1.69. The summed E-state index contributed by atoms with van der Waals surface area (Å²) in [6.45, 7) is 5.28. The maximum Gasteiger partial charge on any atom is 0.178 e. The van der Waals surface area contributed by atoms with Gasteiger partial charge in [-0.15, -0.1) is 15.3 Å². The minimum atomic E-state index is -0.386. The van der Waals surface area contributed by atoms with Crippen molar-refractivity contribution >= 4 is 11.5 Å². The van der Waals surface area contributed by atoms with Gasteiger partial charge >= 0.3 is 0 Å². The van der Waals surface area contributed by atoms with Gasteiger partial charge in [-0.2, -0.15) is 4.52 Å². The average Bonchev–Trinajstić information content (AvgIpc) is 2.87. The number of hydrogen-bond acceptors (Lipinski definition) is 6. The number of rotatable bonds is 5. The molecule has 7 nitrogen and oxygen atoms in total. The van der Waals surface area contributed by atoms with Crippen LogP contribution >= 0.6 is 0 Å². The molecule has 2 N–H and O–H groups in total. The van der Waals surface area contributed by atoms with Crippen LogP contribution < -0.4 is 5.32 Å². The van der Waals surface area contributed by atoms with Gasteiger partial charge in [-0.25, -0.2) is 0 Å². The smallest absolute Gasteiger partial charge is 0.178 e. The van der Waals surface area contributed by atoms with Crippen molar-refractivity contribution in [3.63, 3.8) is 0 Å². The number of nitrogens with zero attached hydrogens (tertiary/aromatic N) is 5. The highest BCUT2D eigenvalue weighted by Gasteiger charge is 2.14. The Bertz CT molecular complexity index is 592. The van der Waals surface area contributed by atoms with Crippen molar-refractivity contribution in [2.75, 3.05) is 31.5 Å². The molecule has 1 aliphatic heterocycles. The van der Waals surface area contributed by atoms with E-state index in [9.17, 15) is 5.11 Å². The molecule has 0 saturated carbocycles. The first kappa shape index (κ1) is 14.2. The van der Waals surface area contributed by atoms with Crippen LogP contribution in [0.25, 0.3) is 5.65 Å². The van der Waals surface area contributed by atoms with E-state index in [1.807, 2.05) is 19.1 Å². The van der Waals surface area contributed by atoms with Crippen molar-refractivity contribution in [1.29, 1.82) is 0 Å². The molecule has 0 aliphatic carbocycles. The van der Waals surface area contributed by atoms with Crippen molar-refractivity contribution < 1.29 is 5.11 Å². The standard InChI is InChI=1S/C14H22N6O/c1-11-16-17-14-6-5-13(18-20(11)14)15-9-12(21)10-19-7-3-2-4-8-19/h5-6,12,21H,2-4,7-10H2,1H3,(H,15,18). The number of likely N-dealkylation sites (tertiary alicyclic amines) is 1. The molecule has 1 aliphatic rings. The van der Waals surface area contributed by atoms with E-state index in [4.69, 9.17) is 0 Å². The van der Waals surface area contributed by atoms with Crippen LogP contribution in [-0.4, -0.2) is 62.1 Å². The Morgan fingerprint density at radius 3 is 2.86 bits per heavy atom. The molecule has 21 heavy (non-hydrogen) atoms. The first-order valence-corrected chi connectivity index (χ1v) is 7.56. The van der Waals surface area contributed by atoms with E-state index in [2.05, 4.69) is 25.5 Å². The number of aryl methyl sites for hydroxylation is 1. The third kappa shape index (κ3) is 3.48. The molecule has 1 saturated heterocycles. The third-order valence-electron chi connectivity index (χ3n) is 3.86. The summed E-state index contributed by atoms with van der Waals surface area (Å²) >= 11 is 0. The SMILES string of the molecule is Cc1nnc2ccc(NCC(O)CN3CCCCC3)nn12. The van der Waals surface area contributed by atoms with Crippen LogP contribution in [0.1, 0.15) is 25.1 Å². The van der Waals surface area contributed by atoms with Crippen LogP contribution in [-0.2, 0) is 0 Å². The molecule has 0 radical (unpaired) electrons. The lowest BCUT2D eigenvalue weighted by Gasteiger charge is -2.28. The van der Waals surface area contributed by atoms with Crippen LogP contribution in [0.15, 0.2) is 12.1 Å². The topological polar surface area (TPSA) is 78.6 Å². The molecule has 2 aromatic rings. The van der Waals surface area contributed by atoms with Gasteiger partial charge in [-0.1, -0.05) is 6.42 Å². The van der Waals surface area contributed by atoms with Crippen LogP contribution in [0.3, 0.4) is 0 Å². The van der Waals surface area contributed by atoms with E-state index in [-0.39, 0.29) is 6.10 Å². The lowest BCUT2D eigenvalue weighted by molar-refractivity contribution is 0.109. The molecule has 3 rings (SSSR count). The Morgan fingerprint density at radius 1 is 1.24 bits per heavy atom. The average molecular weight is 290 g/mol. The quantitative estimate of drug-likeness (QED) is 0.843. The second-order valence-electron chi connectivity index (χ2n) is 5.63. The van der Waals surface area contributed by atoms with Gasteiger partial charge in [-0.3, -0.25) is 0 Å². The van der Waals surface area contributed by atoms with Gasteiger partial charge in [0.15, 0.2) is 11.5 Å². The number of aromatic nitrogens is 4. The molecule has 1 fully saturated rings. The Balaban J connectivity index is 1.54. The van der Waals surface area contributed by atoms with Crippen LogP contribution in [0.5, 0.6) is 0 Å². The van der Waals surface area contributed by atoms with Gasteiger partial charge in [0.1, 0.15) is 5.82 Å².